The van der Waals surface area contributed by atoms with Crippen molar-refractivity contribution in [2.24, 2.45) is 17.8 Å². The van der Waals surface area contributed by atoms with Gasteiger partial charge in [-0.3, -0.25) is 0 Å². The summed E-state index contributed by atoms with van der Waals surface area (Å²) in [6.07, 6.45) is 17.3. The van der Waals surface area contributed by atoms with Gasteiger partial charge < -0.3 is 0 Å². The molecule has 3 rings (SSSR count). The zero-order valence-corrected chi connectivity index (χ0v) is 14.5. The molecule has 2 fully saturated rings. The number of aryl methyl sites for hydroxylation is 1. The number of nitrogens with zero attached hydrogens (tertiary/aromatic N) is 1. The van der Waals surface area contributed by atoms with Crippen molar-refractivity contribution in [1.82, 2.24) is 0 Å². The van der Waals surface area contributed by atoms with Crippen LogP contribution in [0.5, 0.6) is 0 Å². The Kier molecular flexibility index (Phi) is 6.14. The maximum Gasteiger partial charge on any atom is 0.0991 e. The Morgan fingerprint density at radius 3 is 1.83 bits per heavy atom. The van der Waals surface area contributed by atoms with Gasteiger partial charge in [-0.15, -0.1) is 0 Å². The molecule has 0 radical (unpaired) electrons. The van der Waals surface area contributed by atoms with Crippen LogP contribution in [0, 0.1) is 29.1 Å². The van der Waals surface area contributed by atoms with Crippen molar-refractivity contribution in [3.63, 3.8) is 0 Å². The summed E-state index contributed by atoms with van der Waals surface area (Å²) in [5.74, 6) is 2.93. The second-order valence-electron chi connectivity index (χ2n) is 7.81. The normalized spacial score (nSPS) is 20.5. The van der Waals surface area contributed by atoms with Crippen LogP contribution in [0.3, 0.4) is 0 Å². The lowest BCUT2D eigenvalue weighted by Gasteiger charge is -2.38. The molecule has 0 heterocycles. The molecule has 1 nitrogen and oxygen atoms in total. The van der Waals surface area contributed by atoms with Crippen LogP contribution in [0.1, 0.15) is 81.8 Å². The van der Waals surface area contributed by atoms with E-state index in [4.69, 9.17) is 5.26 Å². The summed E-state index contributed by atoms with van der Waals surface area (Å²) in [5, 5.41) is 8.94. The lowest BCUT2D eigenvalue weighted by Crippen LogP contribution is -2.27. The molecule has 0 spiro atoms. The largest absolute Gasteiger partial charge is 0.192 e. The standard InChI is InChI=1S/C22H31N/c23-17-19-13-11-18(12-14-19)15-16-22(20-7-3-1-4-8-20)21-9-5-2-6-10-21/h11-14,20-22H,1-10,15-16H2. The Morgan fingerprint density at radius 1 is 0.826 bits per heavy atom. The molecule has 1 heteroatoms. The Balaban J connectivity index is 1.63. The monoisotopic (exact) mass is 309 g/mol. The van der Waals surface area contributed by atoms with Crippen LogP contribution in [0.2, 0.25) is 0 Å². The van der Waals surface area contributed by atoms with E-state index < -0.39 is 0 Å². The van der Waals surface area contributed by atoms with Crippen LogP contribution in [0.25, 0.3) is 0 Å². The van der Waals surface area contributed by atoms with Crippen LogP contribution in [0.4, 0.5) is 0 Å². The summed E-state index contributed by atoms with van der Waals surface area (Å²) in [7, 11) is 0. The Bertz CT molecular complexity index is 480. The Labute approximate surface area is 142 Å². The molecule has 0 aromatic heterocycles. The van der Waals surface area contributed by atoms with Gasteiger partial charge in [0.2, 0.25) is 0 Å². The van der Waals surface area contributed by atoms with Crippen molar-refractivity contribution in [2.45, 2.75) is 77.0 Å². The van der Waals surface area contributed by atoms with Gasteiger partial charge in [0.15, 0.2) is 0 Å². The predicted molar refractivity (Wildman–Crippen MR) is 96.1 cm³/mol. The van der Waals surface area contributed by atoms with Crippen molar-refractivity contribution in [2.75, 3.05) is 0 Å². The molecule has 2 aliphatic rings. The highest BCUT2D eigenvalue weighted by molar-refractivity contribution is 5.31. The van der Waals surface area contributed by atoms with E-state index in [9.17, 15) is 0 Å². The van der Waals surface area contributed by atoms with E-state index in [2.05, 4.69) is 18.2 Å². The van der Waals surface area contributed by atoms with Crippen LogP contribution in [0.15, 0.2) is 24.3 Å². The molecule has 0 amide bonds. The number of hydrogen-bond donors (Lipinski definition) is 0. The third-order valence-electron chi connectivity index (χ3n) is 6.36. The average Bonchev–Trinajstić information content (AvgIpc) is 2.64. The minimum absolute atomic E-state index is 0.782. The molecule has 0 N–H and O–H groups in total. The van der Waals surface area contributed by atoms with Gasteiger partial charge in [-0.05, 0) is 48.3 Å². The molecule has 0 unspecified atom stereocenters. The smallest absolute Gasteiger partial charge is 0.0991 e. The van der Waals surface area contributed by atoms with Crippen LogP contribution < -0.4 is 0 Å². The molecule has 2 aliphatic carbocycles. The van der Waals surface area contributed by atoms with Crippen molar-refractivity contribution < 1.29 is 0 Å². The lowest BCUT2D eigenvalue weighted by atomic mass is 9.68. The highest BCUT2D eigenvalue weighted by Crippen LogP contribution is 2.42. The summed E-state index contributed by atoms with van der Waals surface area (Å²) >= 11 is 0. The van der Waals surface area contributed by atoms with E-state index in [1.807, 2.05) is 12.1 Å². The average molecular weight is 309 g/mol. The predicted octanol–water partition coefficient (Wildman–Crippen LogP) is 6.27. The highest BCUT2D eigenvalue weighted by atomic mass is 14.4. The summed E-state index contributed by atoms with van der Waals surface area (Å²) in [6, 6.07) is 10.5. The topological polar surface area (TPSA) is 23.8 Å². The number of hydrogen-bond acceptors (Lipinski definition) is 1. The molecule has 0 aliphatic heterocycles. The van der Waals surface area contributed by atoms with Gasteiger partial charge >= 0.3 is 0 Å². The molecular weight excluding hydrogens is 278 g/mol. The number of benzene rings is 1. The molecular formula is C22H31N. The molecule has 23 heavy (non-hydrogen) atoms. The first-order valence-electron chi connectivity index (χ1n) is 9.86. The fourth-order valence-corrected chi connectivity index (χ4v) is 5.06. The fourth-order valence-electron chi connectivity index (χ4n) is 5.06. The first-order chi connectivity index (χ1) is 11.4. The first-order valence-corrected chi connectivity index (χ1v) is 9.86. The molecule has 0 saturated heterocycles. The molecule has 1 aromatic rings. The van der Waals surface area contributed by atoms with Gasteiger partial charge in [-0.2, -0.15) is 5.26 Å². The molecule has 124 valence electrons. The third kappa shape index (κ3) is 4.60. The Morgan fingerprint density at radius 2 is 1.35 bits per heavy atom. The summed E-state index contributed by atoms with van der Waals surface area (Å²) in [4.78, 5) is 0. The van der Waals surface area contributed by atoms with Crippen molar-refractivity contribution in [3.8, 4) is 6.07 Å². The maximum absolute atomic E-state index is 8.94. The van der Waals surface area contributed by atoms with E-state index in [1.54, 1.807) is 0 Å². The molecule has 0 atom stereocenters. The van der Waals surface area contributed by atoms with Crippen LogP contribution >= 0.6 is 0 Å². The molecule has 0 bridgehead atoms. The minimum Gasteiger partial charge on any atom is -0.192 e. The number of rotatable bonds is 5. The second-order valence-corrected chi connectivity index (χ2v) is 7.81. The number of nitriles is 1. The maximum atomic E-state index is 8.94. The lowest BCUT2D eigenvalue weighted by molar-refractivity contribution is 0.135. The van der Waals surface area contributed by atoms with Crippen LogP contribution in [-0.4, -0.2) is 0 Å². The third-order valence-corrected chi connectivity index (χ3v) is 6.36. The van der Waals surface area contributed by atoms with Gasteiger partial charge in [-0.25, -0.2) is 0 Å². The summed E-state index contributed by atoms with van der Waals surface area (Å²) in [5.41, 5.74) is 2.20. The highest BCUT2D eigenvalue weighted by Gasteiger charge is 2.30. The Hall–Kier alpha value is -1.29. The van der Waals surface area contributed by atoms with Crippen molar-refractivity contribution in [3.05, 3.63) is 35.4 Å². The van der Waals surface area contributed by atoms with E-state index in [0.717, 1.165) is 23.3 Å². The fraction of sp³-hybridized carbons (Fsp3) is 0.682. The second kappa shape index (κ2) is 8.53. The van der Waals surface area contributed by atoms with Gasteiger partial charge in [0.05, 0.1) is 11.6 Å². The van der Waals surface area contributed by atoms with Crippen molar-refractivity contribution in [1.29, 1.82) is 5.26 Å². The molecule has 1 aromatic carbocycles. The minimum atomic E-state index is 0.782. The van der Waals surface area contributed by atoms with Gasteiger partial charge in [0.1, 0.15) is 0 Å². The zero-order valence-electron chi connectivity index (χ0n) is 14.5. The quantitative estimate of drug-likeness (QED) is 0.629. The zero-order chi connectivity index (χ0) is 15.9. The van der Waals surface area contributed by atoms with E-state index in [1.165, 1.54) is 82.6 Å². The van der Waals surface area contributed by atoms with Crippen LogP contribution in [-0.2, 0) is 6.42 Å². The van der Waals surface area contributed by atoms with E-state index >= 15 is 0 Å². The van der Waals surface area contributed by atoms with Crippen molar-refractivity contribution >= 4 is 0 Å². The van der Waals surface area contributed by atoms with Gasteiger partial charge in [0.25, 0.3) is 0 Å². The van der Waals surface area contributed by atoms with E-state index in [0.29, 0.717) is 0 Å². The SMILES string of the molecule is N#Cc1ccc(CCC(C2CCCCC2)C2CCCCC2)cc1. The summed E-state index contributed by atoms with van der Waals surface area (Å²) in [6.45, 7) is 0. The molecule has 2 saturated carbocycles. The summed E-state index contributed by atoms with van der Waals surface area (Å²) < 4.78 is 0. The van der Waals surface area contributed by atoms with E-state index in [-0.39, 0.29) is 0 Å². The van der Waals surface area contributed by atoms with Gasteiger partial charge in [-0.1, -0.05) is 76.3 Å². The first kappa shape index (κ1) is 16.6. The van der Waals surface area contributed by atoms with Gasteiger partial charge in [0, 0.05) is 0 Å².